The van der Waals surface area contributed by atoms with Gasteiger partial charge in [-0.3, -0.25) is 19.3 Å². The number of amides is 3. The van der Waals surface area contributed by atoms with E-state index in [4.69, 9.17) is 5.73 Å². The zero-order valence-corrected chi connectivity index (χ0v) is 22.5. The molecule has 12 nitrogen and oxygen atoms in total. The maximum Gasteiger partial charge on any atom is 0.323 e. The third-order valence-electron chi connectivity index (χ3n) is 8.27. The Kier molecular flexibility index (Phi) is 6.84. The Morgan fingerprint density at radius 2 is 1.61 bits per heavy atom. The predicted molar refractivity (Wildman–Crippen MR) is 148 cm³/mol. The van der Waals surface area contributed by atoms with E-state index in [9.17, 15) is 39.6 Å². The fraction of sp³-hybridized carbons (Fsp3) is 0.310. The molecule has 0 spiro atoms. The summed E-state index contributed by atoms with van der Waals surface area (Å²) < 4.78 is 0. The number of aliphatic hydroxyl groups is 3. The van der Waals surface area contributed by atoms with Gasteiger partial charge in [-0.15, -0.1) is 0 Å². The van der Waals surface area contributed by atoms with E-state index >= 15 is 0 Å². The highest BCUT2D eigenvalue weighted by molar-refractivity contribution is 6.28. The molecule has 0 heterocycles. The Hall–Kier alpha value is -4.68. The van der Waals surface area contributed by atoms with Crippen molar-refractivity contribution in [2.45, 2.75) is 25.0 Å². The second-order valence-electron chi connectivity index (χ2n) is 10.8. The molecule has 12 heteroatoms. The van der Waals surface area contributed by atoms with Gasteiger partial charge in [-0.2, -0.15) is 0 Å². The molecule has 2 aromatic rings. The maximum absolute atomic E-state index is 13.9. The smallest absolute Gasteiger partial charge is 0.323 e. The van der Waals surface area contributed by atoms with Gasteiger partial charge in [0.25, 0.3) is 5.91 Å². The van der Waals surface area contributed by atoms with Crippen molar-refractivity contribution >= 4 is 40.6 Å². The van der Waals surface area contributed by atoms with Crippen LogP contribution in [0, 0.1) is 17.8 Å². The van der Waals surface area contributed by atoms with Crippen LogP contribution in [0.2, 0.25) is 0 Å². The number of ketones is 2. The first-order chi connectivity index (χ1) is 19.4. The average Bonchev–Trinajstić information content (AvgIpc) is 2.90. The number of primary amides is 1. The van der Waals surface area contributed by atoms with Crippen LogP contribution < -0.4 is 16.4 Å². The lowest BCUT2D eigenvalue weighted by molar-refractivity contribution is -0.143. The minimum absolute atomic E-state index is 0.0538. The summed E-state index contributed by atoms with van der Waals surface area (Å²) in [7, 11) is 3.12. The summed E-state index contributed by atoms with van der Waals surface area (Å²) in [6, 6.07) is 9.84. The van der Waals surface area contributed by atoms with E-state index in [2.05, 4.69) is 10.6 Å². The second kappa shape index (κ2) is 10.1. The summed E-state index contributed by atoms with van der Waals surface area (Å²) in [5.41, 5.74) is 5.09. The van der Waals surface area contributed by atoms with Crippen LogP contribution in [0.4, 0.5) is 16.2 Å². The standard InChI is InChI=1S/C29H30N4O8/c1-11-13-9-10-14(32-29(41)31-12-7-5-4-6-8-12)22(34)16(13)24(36)18-15(11)23(35)17-19(25(18)37)26(38)20(28(30)40)27(39)21(17)33(2)3/h4-11,15,17,19,21,23,34-36,39H,1-3H3,(H2,30,40)(H2,31,32,41)/t11-,15?,17?,19?,21-,23-/m0/s1. The number of aliphatic hydroxyl groups excluding tert-OH is 3. The highest BCUT2D eigenvalue weighted by Gasteiger charge is 2.60. The molecule has 3 unspecified atom stereocenters. The van der Waals surface area contributed by atoms with Crippen LogP contribution in [-0.4, -0.2) is 75.1 Å². The summed E-state index contributed by atoms with van der Waals surface area (Å²) in [6.45, 7) is 1.70. The number of hydrogen-bond acceptors (Lipinski definition) is 9. The monoisotopic (exact) mass is 562 g/mol. The number of likely N-dealkylation sites (N-methyl/N-ethyl adjacent to an activating group) is 1. The number of phenolic OH excluding ortho intramolecular Hbond substituents is 1. The lowest BCUT2D eigenvalue weighted by Gasteiger charge is -2.50. The highest BCUT2D eigenvalue weighted by Crippen LogP contribution is 2.55. The topological polar surface area (TPSA) is 203 Å². The van der Waals surface area contributed by atoms with Gasteiger partial charge in [0.15, 0.2) is 11.6 Å². The van der Waals surface area contributed by atoms with Gasteiger partial charge in [-0.1, -0.05) is 31.2 Å². The number of benzene rings is 2. The number of anilines is 2. The van der Waals surface area contributed by atoms with Crippen molar-refractivity contribution in [3.8, 4) is 5.75 Å². The molecule has 1 saturated carbocycles. The molecule has 0 saturated heterocycles. The van der Waals surface area contributed by atoms with Gasteiger partial charge in [0, 0.05) is 23.1 Å². The summed E-state index contributed by atoms with van der Waals surface area (Å²) in [6.07, 6.45) is -1.41. The summed E-state index contributed by atoms with van der Waals surface area (Å²) in [5.74, 6) is -9.30. The molecular formula is C29H30N4O8. The van der Waals surface area contributed by atoms with Crippen molar-refractivity contribution in [3.05, 3.63) is 70.5 Å². The number of hydrogen-bond donors (Lipinski definition) is 7. The number of nitrogens with one attached hydrogen (secondary N) is 2. The lowest BCUT2D eigenvalue weighted by Crippen LogP contribution is -2.61. The molecule has 1 fully saturated rings. The first kappa shape index (κ1) is 27.9. The third-order valence-corrected chi connectivity index (χ3v) is 8.27. The van der Waals surface area contributed by atoms with Crippen molar-refractivity contribution in [2.24, 2.45) is 23.5 Å². The van der Waals surface area contributed by atoms with Crippen LogP contribution >= 0.6 is 0 Å². The highest BCUT2D eigenvalue weighted by atomic mass is 16.3. The fourth-order valence-corrected chi connectivity index (χ4v) is 6.52. The lowest BCUT2D eigenvalue weighted by atomic mass is 9.56. The number of Topliss-reactive ketones (excluding diaryl/α,β-unsaturated/α-hetero) is 2. The van der Waals surface area contributed by atoms with Crippen molar-refractivity contribution in [1.82, 2.24) is 4.90 Å². The molecule has 6 atom stereocenters. The number of aromatic hydroxyl groups is 1. The van der Waals surface area contributed by atoms with Crippen molar-refractivity contribution < 1.29 is 39.6 Å². The summed E-state index contributed by atoms with van der Waals surface area (Å²) in [4.78, 5) is 53.5. The van der Waals surface area contributed by atoms with E-state index in [1.54, 1.807) is 57.4 Å². The van der Waals surface area contributed by atoms with Gasteiger partial charge in [0.05, 0.1) is 29.3 Å². The maximum atomic E-state index is 13.9. The van der Waals surface area contributed by atoms with Gasteiger partial charge >= 0.3 is 6.03 Å². The first-order valence-electron chi connectivity index (χ1n) is 12.9. The zero-order valence-electron chi connectivity index (χ0n) is 22.5. The first-order valence-corrected chi connectivity index (χ1v) is 12.9. The molecule has 3 aliphatic rings. The van der Waals surface area contributed by atoms with Crippen molar-refractivity contribution in [1.29, 1.82) is 0 Å². The fourth-order valence-electron chi connectivity index (χ4n) is 6.52. The minimum Gasteiger partial charge on any atom is -0.510 e. The molecule has 0 radical (unpaired) electrons. The Morgan fingerprint density at radius 1 is 0.951 bits per heavy atom. The second-order valence-corrected chi connectivity index (χ2v) is 10.8. The minimum atomic E-state index is -1.61. The van der Waals surface area contributed by atoms with Crippen molar-refractivity contribution in [3.63, 3.8) is 0 Å². The van der Waals surface area contributed by atoms with E-state index in [0.717, 1.165) is 0 Å². The number of carbonyl (C=O) groups is 4. The van der Waals surface area contributed by atoms with E-state index in [1.807, 2.05) is 0 Å². The number of fused-ring (bicyclic) bond motifs is 3. The van der Waals surface area contributed by atoms with Crippen LogP contribution in [0.5, 0.6) is 5.75 Å². The van der Waals surface area contributed by atoms with Gasteiger partial charge in [0.2, 0.25) is 0 Å². The quantitative estimate of drug-likeness (QED) is 0.165. The van der Waals surface area contributed by atoms with Crippen LogP contribution in [0.3, 0.4) is 0 Å². The van der Waals surface area contributed by atoms with Gasteiger partial charge in [0.1, 0.15) is 22.8 Å². The van der Waals surface area contributed by atoms with Gasteiger partial charge in [-0.25, -0.2) is 4.79 Å². The molecular weight excluding hydrogens is 532 g/mol. The number of rotatable bonds is 4. The van der Waals surface area contributed by atoms with Crippen LogP contribution in [0.1, 0.15) is 24.0 Å². The van der Waals surface area contributed by atoms with Crippen LogP contribution in [0.15, 0.2) is 59.4 Å². The van der Waals surface area contributed by atoms with Gasteiger partial charge < -0.3 is 36.8 Å². The zero-order chi connectivity index (χ0) is 29.9. The van der Waals surface area contributed by atoms with E-state index < -0.39 is 82.2 Å². The molecule has 3 aliphatic carbocycles. The van der Waals surface area contributed by atoms with E-state index in [0.29, 0.717) is 11.3 Å². The Morgan fingerprint density at radius 3 is 2.22 bits per heavy atom. The molecule has 0 bridgehead atoms. The number of carbonyl (C=O) groups excluding carboxylic acids is 4. The van der Waals surface area contributed by atoms with Gasteiger partial charge in [-0.05, 0) is 43.8 Å². The molecule has 0 aromatic heterocycles. The summed E-state index contributed by atoms with van der Waals surface area (Å²) in [5, 5.41) is 50.2. The molecule has 8 N–H and O–H groups in total. The molecule has 5 rings (SSSR count). The predicted octanol–water partition coefficient (Wildman–Crippen LogP) is 2.02. The van der Waals surface area contributed by atoms with E-state index in [1.165, 1.54) is 11.0 Å². The normalized spacial score (nSPS) is 27.2. The largest absolute Gasteiger partial charge is 0.510 e. The number of nitrogens with two attached hydrogens (primary N) is 1. The van der Waals surface area contributed by atoms with E-state index in [-0.39, 0.29) is 16.8 Å². The Bertz CT molecular complexity index is 1550. The Labute approximate surface area is 234 Å². The number of para-hydroxylation sites is 1. The number of urea groups is 1. The van der Waals surface area contributed by atoms with Crippen molar-refractivity contribution in [2.75, 3.05) is 24.7 Å². The molecule has 3 amide bonds. The third kappa shape index (κ3) is 4.23. The average molecular weight is 563 g/mol. The molecule has 2 aromatic carbocycles. The molecule has 41 heavy (non-hydrogen) atoms. The number of phenols is 1. The SMILES string of the molecule is C[C@H]1c2ccc(NC(=O)Nc3ccccc3)c(O)c2C(O)=C2C(=O)C3C(=O)C(C(N)=O)=C(O)[C@@H](N(C)C)C3[C@@H](O)C21. The summed E-state index contributed by atoms with van der Waals surface area (Å²) >= 11 is 0. The number of nitrogens with zero attached hydrogens (tertiary/aromatic N) is 1. The van der Waals surface area contributed by atoms with Crippen LogP contribution in [0.25, 0.3) is 5.76 Å². The Balaban J connectivity index is 1.59. The van der Waals surface area contributed by atoms with Crippen LogP contribution in [-0.2, 0) is 14.4 Å². The molecule has 0 aliphatic heterocycles. The molecule has 214 valence electrons.